The van der Waals surface area contributed by atoms with E-state index >= 15 is 0 Å². The third kappa shape index (κ3) is 6.93. The Morgan fingerprint density at radius 3 is 2.51 bits per heavy atom. The first-order valence-corrected chi connectivity index (χ1v) is 14.4. The number of methoxy groups -OCH3 is 2. The Morgan fingerprint density at radius 2 is 1.80 bits per heavy atom. The van der Waals surface area contributed by atoms with Gasteiger partial charge in [0.05, 0.1) is 32.0 Å². The number of hydrogen-bond donors (Lipinski definition) is 2. The lowest BCUT2D eigenvalue weighted by atomic mass is 9.95. The van der Waals surface area contributed by atoms with Crippen LogP contribution in [0.4, 0.5) is 11.8 Å². The summed E-state index contributed by atoms with van der Waals surface area (Å²) in [6.45, 7) is 2.07. The van der Waals surface area contributed by atoms with E-state index in [9.17, 15) is 9.59 Å². The Hall–Kier alpha value is -5.71. The molecule has 0 bridgehead atoms. The van der Waals surface area contributed by atoms with Gasteiger partial charge in [-0.15, -0.1) is 0 Å². The van der Waals surface area contributed by atoms with Gasteiger partial charge in [0.25, 0.3) is 5.91 Å². The number of nitrogen functional groups attached to an aromatic ring is 2. The summed E-state index contributed by atoms with van der Waals surface area (Å²) in [6, 6.07) is 17.8. The van der Waals surface area contributed by atoms with Crippen LogP contribution in [0.25, 0.3) is 6.08 Å². The molecule has 11 heteroatoms. The molecule has 0 saturated carbocycles. The lowest BCUT2D eigenvalue weighted by Gasteiger charge is -2.31. The van der Waals surface area contributed by atoms with Gasteiger partial charge in [-0.3, -0.25) is 4.79 Å². The van der Waals surface area contributed by atoms with Crippen molar-refractivity contribution in [1.29, 1.82) is 0 Å². The van der Waals surface area contributed by atoms with E-state index in [0.29, 0.717) is 34.4 Å². The van der Waals surface area contributed by atoms with Gasteiger partial charge in [-0.05, 0) is 65.6 Å². The molecule has 1 aromatic heterocycles. The summed E-state index contributed by atoms with van der Waals surface area (Å²) in [7, 11) is 3.01. The Kier molecular flexibility index (Phi) is 9.37. The number of nitrogens with two attached hydrogens (primary N) is 2. The van der Waals surface area contributed by atoms with E-state index in [0.717, 1.165) is 24.0 Å². The summed E-state index contributed by atoms with van der Waals surface area (Å²) in [5.74, 6) is 0.418. The topological polar surface area (TPSA) is 155 Å². The normalized spacial score (nSPS) is 13.8. The second-order valence-corrected chi connectivity index (χ2v) is 10.3. The van der Waals surface area contributed by atoms with E-state index in [4.69, 9.17) is 25.7 Å². The summed E-state index contributed by atoms with van der Waals surface area (Å²) >= 11 is 0. The molecule has 0 radical (unpaired) electrons. The fourth-order valence-corrected chi connectivity index (χ4v) is 5.15. The number of hydrogen-bond acceptors (Lipinski definition) is 10. The van der Waals surface area contributed by atoms with Crippen molar-refractivity contribution in [2.75, 3.05) is 25.7 Å². The van der Waals surface area contributed by atoms with E-state index in [1.165, 1.54) is 18.2 Å². The predicted molar refractivity (Wildman–Crippen MR) is 172 cm³/mol. The molecule has 0 spiro atoms. The molecular formula is C34H34N6O5. The molecule has 230 valence electrons. The van der Waals surface area contributed by atoms with Gasteiger partial charge in [-0.1, -0.05) is 37.6 Å². The van der Waals surface area contributed by atoms with E-state index in [-0.39, 0.29) is 35.2 Å². The van der Waals surface area contributed by atoms with Crippen LogP contribution in [0.1, 0.15) is 64.0 Å². The highest BCUT2D eigenvalue weighted by atomic mass is 16.6. The molecule has 1 amide bonds. The van der Waals surface area contributed by atoms with E-state index < -0.39 is 5.97 Å². The largest absolute Gasteiger partial charge is 0.497 e. The standard InChI is InChI=1S/C34H34N6O5/c1-4-7-28-27-9-6-5-8-24(27)20-38-40(28)30(41)15-12-23-16-21(17-25-19-37-34(36)39-32(25)35)18-29(31(23)44-3)45-33(42)22-10-13-26(43-2)14-11-22/h5-6,8-16,18-20,28H,4,7,17H2,1-3H3,(H4,35,36,37,39)/b15-12+. The van der Waals surface area contributed by atoms with Gasteiger partial charge in [0.1, 0.15) is 11.6 Å². The van der Waals surface area contributed by atoms with Gasteiger partial charge in [0.2, 0.25) is 5.95 Å². The highest BCUT2D eigenvalue weighted by Crippen LogP contribution is 2.36. The zero-order valence-electron chi connectivity index (χ0n) is 25.3. The fraction of sp³-hybridized carbons (Fsp3) is 0.206. The van der Waals surface area contributed by atoms with Crippen LogP contribution in [-0.4, -0.2) is 47.3 Å². The smallest absolute Gasteiger partial charge is 0.343 e. The maximum Gasteiger partial charge on any atom is 0.343 e. The first kappa shape index (κ1) is 30.7. The Balaban J connectivity index is 1.50. The zero-order valence-corrected chi connectivity index (χ0v) is 25.3. The van der Waals surface area contributed by atoms with E-state index in [1.807, 2.05) is 30.3 Å². The average Bonchev–Trinajstić information content (AvgIpc) is 3.05. The van der Waals surface area contributed by atoms with Gasteiger partial charge in [0, 0.05) is 29.8 Å². The number of carbonyl (C=O) groups excluding carboxylic acids is 2. The Labute approximate surface area is 261 Å². The number of nitrogens with zero attached hydrogens (tertiary/aromatic N) is 4. The number of carbonyl (C=O) groups is 2. The van der Waals surface area contributed by atoms with Crippen molar-refractivity contribution < 1.29 is 23.8 Å². The highest BCUT2D eigenvalue weighted by molar-refractivity contribution is 5.95. The lowest BCUT2D eigenvalue weighted by Crippen LogP contribution is -2.32. The molecule has 11 nitrogen and oxygen atoms in total. The second kappa shape index (κ2) is 13.7. The average molecular weight is 607 g/mol. The zero-order chi connectivity index (χ0) is 31.9. The number of ether oxygens (including phenoxy) is 3. The number of fused-ring (bicyclic) bond motifs is 1. The molecule has 1 aliphatic heterocycles. The number of rotatable bonds is 10. The van der Waals surface area contributed by atoms with Crippen LogP contribution >= 0.6 is 0 Å². The summed E-state index contributed by atoms with van der Waals surface area (Å²) in [4.78, 5) is 34.8. The molecule has 1 unspecified atom stereocenters. The highest BCUT2D eigenvalue weighted by Gasteiger charge is 2.27. The van der Waals surface area contributed by atoms with Crippen LogP contribution in [-0.2, 0) is 11.2 Å². The van der Waals surface area contributed by atoms with Crippen LogP contribution in [0.15, 0.2) is 78.0 Å². The minimum absolute atomic E-state index is 0.0617. The molecule has 0 aliphatic carbocycles. The minimum atomic E-state index is -0.599. The number of aromatic nitrogens is 2. The molecule has 1 aliphatic rings. The lowest BCUT2D eigenvalue weighted by molar-refractivity contribution is -0.128. The van der Waals surface area contributed by atoms with Crippen molar-refractivity contribution >= 4 is 35.9 Å². The van der Waals surface area contributed by atoms with E-state index in [1.54, 1.807) is 55.9 Å². The van der Waals surface area contributed by atoms with Crippen molar-refractivity contribution in [3.63, 3.8) is 0 Å². The van der Waals surface area contributed by atoms with Crippen molar-refractivity contribution in [1.82, 2.24) is 15.0 Å². The van der Waals surface area contributed by atoms with Crippen LogP contribution in [0.5, 0.6) is 17.2 Å². The Bertz CT molecular complexity index is 1770. The maximum absolute atomic E-state index is 13.6. The van der Waals surface area contributed by atoms with Crippen LogP contribution in [0.3, 0.4) is 0 Å². The summed E-state index contributed by atoms with van der Waals surface area (Å²) in [5.41, 5.74) is 16.0. The predicted octanol–water partition coefficient (Wildman–Crippen LogP) is 5.20. The molecular weight excluding hydrogens is 572 g/mol. The Morgan fingerprint density at radius 1 is 1.02 bits per heavy atom. The molecule has 0 fully saturated rings. The molecule has 5 rings (SSSR count). The number of benzene rings is 3. The molecule has 4 N–H and O–H groups in total. The van der Waals surface area contributed by atoms with Gasteiger partial charge in [-0.2, -0.15) is 10.1 Å². The quantitative estimate of drug-likeness (QED) is 0.141. The molecule has 4 aromatic rings. The van der Waals surface area contributed by atoms with Crippen LogP contribution in [0, 0.1) is 0 Å². The van der Waals surface area contributed by atoms with Crippen molar-refractivity contribution in [3.8, 4) is 17.2 Å². The van der Waals surface area contributed by atoms with Gasteiger partial charge in [0.15, 0.2) is 11.5 Å². The third-order valence-electron chi connectivity index (χ3n) is 7.35. The maximum atomic E-state index is 13.6. The fourth-order valence-electron chi connectivity index (χ4n) is 5.15. The molecule has 45 heavy (non-hydrogen) atoms. The van der Waals surface area contributed by atoms with Crippen molar-refractivity contribution in [3.05, 3.63) is 106 Å². The first-order valence-electron chi connectivity index (χ1n) is 14.4. The molecule has 0 saturated heterocycles. The van der Waals surface area contributed by atoms with Crippen molar-refractivity contribution in [2.24, 2.45) is 5.10 Å². The minimum Gasteiger partial charge on any atom is -0.497 e. The summed E-state index contributed by atoms with van der Waals surface area (Å²) in [5, 5.41) is 5.97. The van der Waals surface area contributed by atoms with E-state index in [2.05, 4.69) is 22.0 Å². The molecule has 3 aromatic carbocycles. The number of hydrazone groups is 1. The molecule has 2 heterocycles. The van der Waals surface area contributed by atoms with Crippen LogP contribution < -0.4 is 25.7 Å². The number of esters is 1. The number of anilines is 2. The number of amides is 1. The second-order valence-electron chi connectivity index (χ2n) is 10.3. The van der Waals surface area contributed by atoms with Gasteiger partial charge in [-0.25, -0.2) is 14.8 Å². The van der Waals surface area contributed by atoms with Crippen molar-refractivity contribution in [2.45, 2.75) is 32.2 Å². The summed E-state index contributed by atoms with van der Waals surface area (Å²) < 4.78 is 16.7. The SMILES string of the molecule is CCCC1c2ccccc2C=NN1C(=O)/C=C/c1cc(Cc2cnc(N)nc2N)cc(OC(=O)c2ccc(OC)cc2)c1OC. The molecule has 1 atom stereocenters. The first-order chi connectivity index (χ1) is 21.8. The van der Waals surface area contributed by atoms with Crippen LogP contribution in [0.2, 0.25) is 0 Å². The summed E-state index contributed by atoms with van der Waals surface area (Å²) in [6.07, 6.45) is 8.22. The van der Waals surface area contributed by atoms with Gasteiger partial charge >= 0.3 is 5.97 Å². The van der Waals surface area contributed by atoms with Gasteiger partial charge < -0.3 is 25.7 Å². The third-order valence-corrected chi connectivity index (χ3v) is 7.35. The monoisotopic (exact) mass is 606 g/mol.